The Bertz CT molecular complexity index is 648. The van der Waals surface area contributed by atoms with Crippen LogP contribution in [0, 0.1) is 0 Å². The van der Waals surface area contributed by atoms with E-state index in [9.17, 15) is 4.79 Å². The van der Waals surface area contributed by atoms with Crippen molar-refractivity contribution in [2.24, 2.45) is 0 Å². The van der Waals surface area contributed by atoms with Crippen molar-refractivity contribution in [3.05, 3.63) is 60.2 Å². The lowest BCUT2D eigenvalue weighted by Crippen LogP contribution is -2.40. The van der Waals surface area contributed by atoms with Crippen molar-refractivity contribution in [2.45, 2.75) is 37.8 Å². The Morgan fingerprint density at radius 3 is 2.62 bits per heavy atom. The van der Waals surface area contributed by atoms with Crippen molar-refractivity contribution in [3.8, 4) is 0 Å². The molecule has 2 aromatic carbocycles. The summed E-state index contributed by atoms with van der Waals surface area (Å²) in [5, 5.41) is 6.28. The van der Waals surface area contributed by atoms with Gasteiger partial charge in [-0.25, -0.2) is 0 Å². The number of aldehydes is 1. The Kier molecular flexibility index (Phi) is 4.16. The van der Waals surface area contributed by atoms with E-state index in [0.29, 0.717) is 0 Å². The third kappa shape index (κ3) is 3.06. The lowest BCUT2D eigenvalue weighted by Gasteiger charge is -2.27. The lowest BCUT2D eigenvalue weighted by molar-refractivity contribution is -0.104. The van der Waals surface area contributed by atoms with Gasteiger partial charge >= 0.3 is 0 Å². The molecule has 1 aliphatic rings. The van der Waals surface area contributed by atoms with E-state index in [1.165, 1.54) is 29.2 Å². The zero-order valence-corrected chi connectivity index (χ0v) is 12.2. The number of hydrogen-bond donors (Lipinski definition) is 1. The average molecular weight is 279 g/mol. The predicted octanol–water partition coefficient (Wildman–Crippen LogP) is 4.00. The van der Waals surface area contributed by atoms with Crippen molar-refractivity contribution in [2.75, 3.05) is 0 Å². The first-order chi connectivity index (χ1) is 10.3. The van der Waals surface area contributed by atoms with Gasteiger partial charge < -0.3 is 5.32 Å². The maximum absolute atomic E-state index is 10.6. The van der Waals surface area contributed by atoms with Crippen molar-refractivity contribution in [1.29, 1.82) is 0 Å². The summed E-state index contributed by atoms with van der Waals surface area (Å²) >= 11 is 0. The quantitative estimate of drug-likeness (QED) is 0.662. The van der Waals surface area contributed by atoms with Crippen molar-refractivity contribution < 1.29 is 4.79 Å². The molecule has 3 rings (SSSR count). The molecule has 0 aliphatic heterocycles. The Balaban J connectivity index is 1.82. The molecule has 0 heterocycles. The first-order valence-electron chi connectivity index (χ1n) is 7.68. The van der Waals surface area contributed by atoms with E-state index in [0.717, 1.165) is 25.7 Å². The zero-order chi connectivity index (χ0) is 14.5. The fourth-order valence-electron chi connectivity index (χ4n) is 3.35. The summed E-state index contributed by atoms with van der Waals surface area (Å²) in [5.41, 5.74) is 1.32. The molecule has 0 radical (unpaired) electrons. The minimum absolute atomic E-state index is 0.00213. The Morgan fingerprint density at radius 1 is 1.05 bits per heavy atom. The second kappa shape index (κ2) is 6.23. The highest BCUT2D eigenvalue weighted by molar-refractivity contribution is 5.85. The van der Waals surface area contributed by atoms with E-state index >= 15 is 0 Å². The minimum Gasteiger partial charge on any atom is -0.304 e. The summed E-state index contributed by atoms with van der Waals surface area (Å²) in [4.78, 5) is 10.6. The van der Waals surface area contributed by atoms with Crippen LogP contribution >= 0.6 is 0 Å². The van der Waals surface area contributed by atoms with E-state index in [2.05, 4.69) is 53.9 Å². The second-order valence-electron chi connectivity index (χ2n) is 5.85. The van der Waals surface area contributed by atoms with E-state index in [1.807, 2.05) is 0 Å². The zero-order valence-electron chi connectivity index (χ0n) is 12.2. The summed E-state index contributed by atoms with van der Waals surface area (Å²) in [6, 6.07) is 14.9. The van der Waals surface area contributed by atoms with Gasteiger partial charge in [0.15, 0.2) is 0 Å². The Labute approximate surface area is 125 Å². The van der Waals surface area contributed by atoms with E-state index in [1.54, 1.807) is 6.08 Å². The average Bonchev–Trinajstić information content (AvgIpc) is 3.00. The first kappa shape index (κ1) is 14.0. The number of allylic oxidation sites excluding steroid dienone is 1. The lowest BCUT2D eigenvalue weighted by atomic mass is 9.95. The molecule has 1 saturated carbocycles. The van der Waals surface area contributed by atoms with Gasteiger partial charge in [0.2, 0.25) is 0 Å². The number of hydrogen-bond acceptors (Lipinski definition) is 2. The molecule has 1 aliphatic carbocycles. The van der Waals surface area contributed by atoms with Crippen LogP contribution in [-0.4, -0.2) is 11.8 Å². The van der Waals surface area contributed by atoms with Gasteiger partial charge in [0.05, 0.1) is 0 Å². The summed E-state index contributed by atoms with van der Waals surface area (Å²) in [6.45, 7) is 0.838. The Morgan fingerprint density at radius 2 is 1.81 bits per heavy atom. The maximum atomic E-state index is 10.6. The largest absolute Gasteiger partial charge is 0.304 e. The number of nitrogens with one attached hydrogen (secondary N) is 1. The second-order valence-corrected chi connectivity index (χ2v) is 5.85. The summed E-state index contributed by atoms with van der Waals surface area (Å²) < 4.78 is 0. The van der Waals surface area contributed by atoms with E-state index < -0.39 is 0 Å². The van der Waals surface area contributed by atoms with Gasteiger partial charge in [-0.15, -0.1) is 0 Å². The molecule has 0 bridgehead atoms. The molecule has 2 aromatic rings. The molecule has 0 atom stereocenters. The van der Waals surface area contributed by atoms with E-state index in [4.69, 9.17) is 0 Å². The molecule has 0 spiro atoms. The van der Waals surface area contributed by atoms with Crippen LogP contribution in [0.2, 0.25) is 0 Å². The van der Waals surface area contributed by atoms with Crippen LogP contribution in [0.4, 0.5) is 0 Å². The standard InChI is InChI=1S/C19H21NO/c21-14-6-13-19(11-3-4-12-19)20-15-17-9-5-8-16-7-1-2-10-18(16)17/h1-2,5-10,13-14,20H,3-4,11-12,15H2. The molecule has 1 N–H and O–H groups in total. The number of fused-ring (bicyclic) bond motifs is 1. The third-order valence-corrected chi connectivity index (χ3v) is 4.50. The van der Waals surface area contributed by atoms with Gasteiger partial charge in [-0.1, -0.05) is 61.4 Å². The fraction of sp³-hybridized carbons (Fsp3) is 0.316. The van der Waals surface area contributed by atoms with Crippen LogP contribution in [0.5, 0.6) is 0 Å². The van der Waals surface area contributed by atoms with Gasteiger partial charge in [-0.2, -0.15) is 0 Å². The van der Waals surface area contributed by atoms with Crippen LogP contribution in [0.1, 0.15) is 31.2 Å². The highest BCUT2D eigenvalue weighted by Crippen LogP contribution is 2.31. The van der Waals surface area contributed by atoms with Crippen molar-refractivity contribution >= 4 is 17.1 Å². The SMILES string of the molecule is O=CC=CC1(NCc2cccc3ccccc23)CCCC1. The molecule has 1 fully saturated rings. The molecule has 2 nitrogen and oxygen atoms in total. The predicted molar refractivity (Wildman–Crippen MR) is 87.2 cm³/mol. The monoisotopic (exact) mass is 279 g/mol. The maximum Gasteiger partial charge on any atom is 0.142 e. The topological polar surface area (TPSA) is 29.1 Å². The molecular weight excluding hydrogens is 258 g/mol. The van der Waals surface area contributed by atoms with Gasteiger partial charge in [0.25, 0.3) is 0 Å². The molecule has 0 amide bonds. The van der Waals surface area contributed by atoms with Gasteiger partial charge in [0, 0.05) is 12.1 Å². The number of rotatable bonds is 5. The highest BCUT2D eigenvalue weighted by Gasteiger charge is 2.30. The highest BCUT2D eigenvalue weighted by atomic mass is 16.1. The first-order valence-corrected chi connectivity index (χ1v) is 7.68. The Hall–Kier alpha value is -1.93. The fourth-order valence-corrected chi connectivity index (χ4v) is 3.35. The summed E-state index contributed by atoms with van der Waals surface area (Å²) in [7, 11) is 0. The number of carbonyl (C=O) groups excluding carboxylic acids is 1. The van der Waals surface area contributed by atoms with Crippen LogP contribution in [-0.2, 0) is 11.3 Å². The van der Waals surface area contributed by atoms with Crippen LogP contribution in [0.15, 0.2) is 54.6 Å². The minimum atomic E-state index is -0.00213. The van der Waals surface area contributed by atoms with Gasteiger partial charge in [-0.05, 0) is 35.3 Å². The van der Waals surface area contributed by atoms with E-state index in [-0.39, 0.29) is 5.54 Å². The van der Waals surface area contributed by atoms with Crippen molar-refractivity contribution in [1.82, 2.24) is 5.32 Å². The van der Waals surface area contributed by atoms with Gasteiger partial charge in [-0.3, -0.25) is 4.79 Å². The molecule has 0 unspecified atom stereocenters. The molecule has 0 saturated heterocycles. The van der Waals surface area contributed by atoms with Crippen LogP contribution in [0.25, 0.3) is 10.8 Å². The third-order valence-electron chi connectivity index (χ3n) is 4.50. The van der Waals surface area contributed by atoms with Gasteiger partial charge in [0.1, 0.15) is 6.29 Å². The van der Waals surface area contributed by atoms with Crippen LogP contribution < -0.4 is 5.32 Å². The van der Waals surface area contributed by atoms with Crippen LogP contribution in [0.3, 0.4) is 0 Å². The summed E-state index contributed by atoms with van der Waals surface area (Å²) in [6.07, 6.45) is 9.25. The number of carbonyl (C=O) groups is 1. The molecule has 21 heavy (non-hydrogen) atoms. The van der Waals surface area contributed by atoms with Crippen molar-refractivity contribution in [3.63, 3.8) is 0 Å². The molecular formula is C19H21NO. The normalized spacial score (nSPS) is 17.5. The molecule has 2 heteroatoms. The smallest absolute Gasteiger partial charge is 0.142 e. The molecule has 108 valence electrons. The molecule has 0 aromatic heterocycles. The summed E-state index contributed by atoms with van der Waals surface area (Å²) in [5.74, 6) is 0. The number of benzene rings is 2.